The van der Waals surface area contributed by atoms with Crippen LogP contribution in [0.15, 0.2) is 36.4 Å². The Labute approximate surface area is 118 Å². The number of anilines is 1. The topological polar surface area (TPSA) is 34.2 Å². The van der Waals surface area contributed by atoms with E-state index >= 15 is 0 Å². The number of rotatable bonds is 3. The van der Waals surface area contributed by atoms with Gasteiger partial charge in [-0.2, -0.15) is 0 Å². The highest BCUT2D eigenvalue weighted by molar-refractivity contribution is 6.07. The van der Waals surface area contributed by atoms with Gasteiger partial charge >= 0.3 is 0 Å². The molecule has 1 N–H and O–H groups in total. The molecule has 0 aliphatic heterocycles. The van der Waals surface area contributed by atoms with Gasteiger partial charge in [0.1, 0.15) is 5.75 Å². The maximum Gasteiger partial charge on any atom is 0.119 e. The van der Waals surface area contributed by atoms with Gasteiger partial charge in [-0.05, 0) is 43.7 Å². The third-order valence-corrected chi connectivity index (χ3v) is 3.49. The Morgan fingerprint density at radius 1 is 1.05 bits per heavy atom. The monoisotopic (exact) mass is 266 g/mol. The van der Waals surface area contributed by atoms with Crippen molar-refractivity contribution in [3.63, 3.8) is 0 Å². The van der Waals surface area contributed by atoms with Crippen LogP contribution in [0.3, 0.4) is 0 Å². The molecule has 0 aliphatic carbocycles. The van der Waals surface area contributed by atoms with E-state index in [4.69, 9.17) is 9.72 Å². The van der Waals surface area contributed by atoms with E-state index in [0.29, 0.717) is 0 Å². The Hall–Kier alpha value is -2.29. The minimum Gasteiger partial charge on any atom is -0.497 e. The number of hydrogen-bond acceptors (Lipinski definition) is 3. The van der Waals surface area contributed by atoms with Gasteiger partial charge in [0.2, 0.25) is 0 Å². The lowest BCUT2D eigenvalue weighted by atomic mass is 10.1. The first kappa shape index (κ1) is 12.7. The summed E-state index contributed by atoms with van der Waals surface area (Å²) >= 11 is 0. The lowest BCUT2D eigenvalue weighted by molar-refractivity contribution is 0.415. The number of methoxy groups -OCH3 is 1. The van der Waals surface area contributed by atoms with E-state index < -0.39 is 0 Å². The van der Waals surface area contributed by atoms with Crippen LogP contribution < -0.4 is 10.1 Å². The SMILES string of the molecule is CCNc1c2ccc(C)cc2nc2ccc(OC)cc12. The molecule has 0 saturated carbocycles. The Balaban J connectivity index is 2.41. The molecule has 0 fully saturated rings. The van der Waals surface area contributed by atoms with Crippen molar-refractivity contribution in [1.82, 2.24) is 4.98 Å². The van der Waals surface area contributed by atoms with E-state index in [9.17, 15) is 0 Å². The van der Waals surface area contributed by atoms with Gasteiger partial charge in [-0.1, -0.05) is 12.1 Å². The Bertz CT molecular complexity index is 781. The molecule has 1 heterocycles. The summed E-state index contributed by atoms with van der Waals surface area (Å²) in [5.74, 6) is 0.852. The molecular weight excluding hydrogens is 248 g/mol. The number of pyridine rings is 1. The fourth-order valence-electron chi connectivity index (χ4n) is 2.53. The third-order valence-electron chi connectivity index (χ3n) is 3.49. The minimum atomic E-state index is 0.852. The van der Waals surface area contributed by atoms with E-state index in [1.54, 1.807) is 7.11 Å². The first-order valence-electron chi connectivity index (χ1n) is 6.85. The minimum absolute atomic E-state index is 0.852. The zero-order valence-corrected chi connectivity index (χ0v) is 12.0. The molecule has 20 heavy (non-hydrogen) atoms. The lowest BCUT2D eigenvalue weighted by Gasteiger charge is -2.13. The van der Waals surface area contributed by atoms with Crippen LogP contribution in [0.4, 0.5) is 5.69 Å². The molecule has 3 nitrogen and oxygen atoms in total. The first-order valence-corrected chi connectivity index (χ1v) is 6.85. The quantitative estimate of drug-likeness (QED) is 0.723. The molecule has 0 saturated heterocycles. The molecule has 3 aromatic rings. The highest BCUT2D eigenvalue weighted by atomic mass is 16.5. The van der Waals surface area contributed by atoms with Crippen molar-refractivity contribution in [3.05, 3.63) is 42.0 Å². The predicted octanol–water partition coefficient (Wildman–Crippen LogP) is 4.14. The van der Waals surface area contributed by atoms with E-state index in [-0.39, 0.29) is 0 Å². The summed E-state index contributed by atoms with van der Waals surface area (Å²) in [5.41, 5.74) is 4.37. The molecule has 0 spiro atoms. The summed E-state index contributed by atoms with van der Waals surface area (Å²) < 4.78 is 5.33. The van der Waals surface area contributed by atoms with E-state index in [2.05, 4.69) is 37.4 Å². The first-order chi connectivity index (χ1) is 9.72. The van der Waals surface area contributed by atoms with Crippen molar-refractivity contribution in [2.24, 2.45) is 0 Å². The number of nitrogens with zero attached hydrogens (tertiary/aromatic N) is 1. The van der Waals surface area contributed by atoms with Gasteiger partial charge in [0.15, 0.2) is 0 Å². The third kappa shape index (κ3) is 2.05. The predicted molar refractivity (Wildman–Crippen MR) is 84.7 cm³/mol. The summed E-state index contributed by atoms with van der Waals surface area (Å²) in [4.78, 5) is 4.76. The number of benzene rings is 2. The van der Waals surface area contributed by atoms with Crippen LogP contribution in [0.2, 0.25) is 0 Å². The maximum absolute atomic E-state index is 5.33. The van der Waals surface area contributed by atoms with E-state index in [0.717, 1.165) is 39.8 Å². The van der Waals surface area contributed by atoms with Crippen LogP contribution in [0.5, 0.6) is 5.75 Å². The summed E-state index contributed by atoms with van der Waals surface area (Å²) in [5, 5.41) is 5.72. The maximum atomic E-state index is 5.33. The van der Waals surface area contributed by atoms with Crippen LogP contribution in [-0.2, 0) is 0 Å². The van der Waals surface area contributed by atoms with Crippen molar-refractivity contribution >= 4 is 27.5 Å². The summed E-state index contributed by atoms with van der Waals surface area (Å²) in [6.45, 7) is 5.07. The molecular formula is C17H18N2O. The number of nitrogens with one attached hydrogen (secondary N) is 1. The standard InChI is InChI=1S/C17H18N2O/c1-4-18-17-13-7-5-11(2)9-16(13)19-15-8-6-12(20-3)10-14(15)17/h5-10H,4H2,1-3H3,(H,18,19). The molecule has 1 aromatic heterocycles. The van der Waals surface area contributed by atoms with Gasteiger partial charge in [0.25, 0.3) is 0 Å². The average Bonchev–Trinajstić information content (AvgIpc) is 2.46. The Morgan fingerprint density at radius 3 is 2.65 bits per heavy atom. The summed E-state index contributed by atoms with van der Waals surface area (Å²) in [7, 11) is 1.69. The fourth-order valence-corrected chi connectivity index (χ4v) is 2.53. The van der Waals surface area contributed by atoms with Gasteiger partial charge in [-0.3, -0.25) is 0 Å². The number of fused-ring (bicyclic) bond motifs is 2. The largest absolute Gasteiger partial charge is 0.497 e. The highest BCUT2D eigenvalue weighted by Gasteiger charge is 2.09. The fraction of sp³-hybridized carbons (Fsp3) is 0.235. The van der Waals surface area contributed by atoms with Crippen LogP contribution in [-0.4, -0.2) is 18.6 Å². The Kier molecular flexibility index (Phi) is 3.18. The Morgan fingerprint density at radius 2 is 1.90 bits per heavy atom. The van der Waals surface area contributed by atoms with Gasteiger partial charge in [0, 0.05) is 17.3 Å². The van der Waals surface area contributed by atoms with E-state index in [1.807, 2.05) is 18.2 Å². The second-order valence-corrected chi connectivity index (χ2v) is 4.92. The average molecular weight is 266 g/mol. The molecule has 0 bridgehead atoms. The normalized spacial score (nSPS) is 10.9. The van der Waals surface area contributed by atoms with Gasteiger partial charge in [-0.15, -0.1) is 0 Å². The zero-order chi connectivity index (χ0) is 14.1. The van der Waals surface area contributed by atoms with Crippen molar-refractivity contribution < 1.29 is 4.74 Å². The molecule has 3 rings (SSSR count). The van der Waals surface area contributed by atoms with E-state index in [1.165, 1.54) is 5.56 Å². The summed E-state index contributed by atoms with van der Waals surface area (Å²) in [6.07, 6.45) is 0. The summed E-state index contributed by atoms with van der Waals surface area (Å²) in [6, 6.07) is 12.4. The van der Waals surface area contributed by atoms with Crippen LogP contribution in [0.25, 0.3) is 21.8 Å². The van der Waals surface area contributed by atoms with Gasteiger partial charge in [0.05, 0.1) is 23.8 Å². The van der Waals surface area contributed by atoms with Crippen LogP contribution >= 0.6 is 0 Å². The number of ether oxygens (including phenoxy) is 1. The molecule has 0 unspecified atom stereocenters. The molecule has 0 atom stereocenters. The van der Waals surface area contributed by atoms with Crippen molar-refractivity contribution in [3.8, 4) is 5.75 Å². The van der Waals surface area contributed by atoms with Crippen molar-refractivity contribution in [2.75, 3.05) is 19.0 Å². The van der Waals surface area contributed by atoms with Crippen LogP contribution in [0.1, 0.15) is 12.5 Å². The van der Waals surface area contributed by atoms with Gasteiger partial charge < -0.3 is 10.1 Å². The number of aryl methyl sites for hydroxylation is 1. The second-order valence-electron chi connectivity index (χ2n) is 4.92. The van der Waals surface area contributed by atoms with Crippen molar-refractivity contribution in [2.45, 2.75) is 13.8 Å². The smallest absolute Gasteiger partial charge is 0.119 e. The molecule has 0 radical (unpaired) electrons. The number of hydrogen-bond donors (Lipinski definition) is 1. The zero-order valence-electron chi connectivity index (χ0n) is 12.0. The molecule has 0 amide bonds. The highest BCUT2D eigenvalue weighted by Crippen LogP contribution is 2.33. The molecule has 3 heteroatoms. The molecule has 0 aliphatic rings. The van der Waals surface area contributed by atoms with Gasteiger partial charge in [-0.25, -0.2) is 4.98 Å². The van der Waals surface area contributed by atoms with Crippen LogP contribution in [0, 0.1) is 6.92 Å². The molecule has 102 valence electrons. The molecule has 2 aromatic carbocycles. The number of aromatic nitrogens is 1. The lowest BCUT2D eigenvalue weighted by Crippen LogP contribution is -2.00. The van der Waals surface area contributed by atoms with Crippen molar-refractivity contribution in [1.29, 1.82) is 0 Å². The second kappa shape index (κ2) is 5.00.